The molecule has 82 valence electrons. The van der Waals surface area contributed by atoms with Crippen molar-refractivity contribution in [1.82, 2.24) is 0 Å². The molecule has 1 aromatic carbocycles. The molecule has 0 unspecified atom stereocenters. The van der Waals surface area contributed by atoms with Crippen LogP contribution in [0.15, 0.2) is 35.7 Å². The van der Waals surface area contributed by atoms with Crippen LogP contribution in [0.2, 0.25) is 0 Å². The number of benzene rings is 1. The van der Waals surface area contributed by atoms with E-state index < -0.39 is 9.05 Å². The fourth-order valence-corrected chi connectivity index (χ4v) is 1.92. The second-order valence-electron chi connectivity index (χ2n) is 2.96. The molecular weight excluding hydrogens is 236 g/mol. The topological polar surface area (TPSA) is 43.4 Å². The van der Waals surface area contributed by atoms with Crippen LogP contribution in [0.3, 0.4) is 0 Å². The highest BCUT2D eigenvalue weighted by Gasteiger charge is 2.11. The number of hydrogen-bond acceptors (Lipinski definition) is 3. The lowest BCUT2D eigenvalue weighted by molar-refractivity contribution is 0.360. The van der Waals surface area contributed by atoms with Crippen molar-refractivity contribution in [3.63, 3.8) is 0 Å². The Balaban J connectivity index is 3.03. The molecule has 0 aliphatic rings. The van der Waals surface area contributed by atoms with E-state index in [-0.39, 0.29) is 4.90 Å². The monoisotopic (exact) mass is 246 g/mol. The summed E-state index contributed by atoms with van der Waals surface area (Å²) < 4.78 is 27.3. The Morgan fingerprint density at radius 1 is 1.53 bits per heavy atom. The van der Waals surface area contributed by atoms with E-state index in [2.05, 4.69) is 6.58 Å². The van der Waals surface area contributed by atoms with E-state index in [4.69, 9.17) is 15.4 Å². The first-order valence-corrected chi connectivity index (χ1v) is 6.55. The van der Waals surface area contributed by atoms with Crippen molar-refractivity contribution in [2.75, 3.05) is 6.61 Å². The third-order valence-electron chi connectivity index (χ3n) is 1.78. The number of halogens is 1. The summed E-state index contributed by atoms with van der Waals surface area (Å²) in [6, 6.07) is 4.46. The average molecular weight is 247 g/mol. The Morgan fingerprint density at radius 2 is 2.20 bits per heavy atom. The molecule has 0 spiro atoms. The normalized spacial score (nSPS) is 11.1. The SMILES string of the molecule is C=CCOc1ccc(S(=O)(=O)Cl)cc1C. The number of hydrogen-bond donors (Lipinski definition) is 0. The molecule has 1 aromatic rings. The van der Waals surface area contributed by atoms with Gasteiger partial charge in [0.2, 0.25) is 0 Å². The fraction of sp³-hybridized carbons (Fsp3) is 0.200. The summed E-state index contributed by atoms with van der Waals surface area (Å²) in [6.45, 7) is 5.66. The van der Waals surface area contributed by atoms with Crippen molar-refractivity contribution in [2.24, 2.45) is 0 Å². The molecule has 3 nitrogen and oxygen atoms in total. The van der Waals surface area contributed by atoms with Crippen LogP contribution in [0.1, 0.15) is 5.56 Å². The van der Waals surface area contributed by atoms with E-state index in [1.165, 1.54) is 12.1 Å². The molecule has 0 fully saturated rings. The summed E-state index contributed by atoms with van der Waals surface area (Å²) >= 11 is 0. The summed E-state index contributed by atoms with van der Waals surface area (Å²) in [5.74, 6) is 0.624. The highest BCUT2D eigenvalue weighted by Crippen LogP contribution is 2.23. The second kappa shape index (κ2) is 4.68. The van der Waals surface area contributed by atoms with E-state index in [1.54, 1.807) is 19.1 Å². The zero-order chi connectivity index (χ0) is 11.5. The molecule has 0 saturated heterocycles. The first-order chi connectivity index (χ1) is 6.95. The van der Waals surface area contributed by atoms with E-state index >= 15 is 0 Å². The molecule has 0 bridgehead atoms. The Kier molecular flexibility index (Phi) is 3.77. The van der Waals surface area contributed by atoms with Crippen LogP contribution in [0.5, 0.6) is 5.75 Å². The average Bonchev–Trinajstić information content (AvgIpc) is 2.14. The van der Waals surface area contributed by atoms with Crippen molar-refractivity contribution in [1.29, 1.82) is 0 Å². The lowest BCUT2D eigenvalue weighted by Gasteiger charge is -2.07. The smallest absolute Gasteiger partial charge is 0.261 e. The maximum atomic E-state index is 11.0. The van der Waals surface area contributed by atoms with Crippen LogP contribution in [-0.4, -0.2) is 15.0 Å². The number of ether oxygens (including phenoxy) is 1. The van der Waals surface area contributed by atoms with E-state index in [0.717, 1.165) is 5.56 Å². The first-order valence-electron chi connectivity index (χ1n) is 4.24. The van der Waals surface area contributed by atoms with E-state index in [1.807, 2.05) is 0 Å². The maximum absolute atomic E-state index is 11.0. The van der Waals surface area contributed by atoms with E-state index in [0.29, 0.717) is 12.4 Å². The maximum Gasteiger partial charge on any atom is 0.261 e. The molecule has 0 atom stereocenters. The van der Waals surface area contributed by atoms with Gasteiger partial charge in [-0.2, -0.15) is 0 Å². The molecule has 5 heteroatoms. The van der Waals surface area contributed by atoms with Gasteiger partial charge in [0.1, 0.15) is 12.4 Å². The fourth-order valence-electron chi connectivity index (χ4n) is 1.08. The van der Waals surface area contributed by atoms with Crippen molar-refractivity contribution >= 4 is 19.7 Å². The van der Waals surface area contributed by atoms with Gasteiger partial charge in [-0.3, -0.25) is 0 Å². The van der Waals surface area contributed by atoms with Crippen LogP contribution < -0.4 is 4.74 Å². The molecule has 0 aliphatic heterocycles. The van der Waals surface area contributed by atoms with Gasteiger partial charge < -0.3 is 4.74 Å². The summed E-state index contributed by atoms with van der Waals surface area (Å²) in [6.07, 6.45) is 1.62. The zero-order valence-electron chi connectivity index (χ0n) is 8.23. The predicted molar refractivity (Wildman–Crippen MR) is 59.9 cm³/mol. The Morgan fingerprint density at radius 3 is 2.67 bits per heavy atom. The molecule has 0 radical (unpaired) electrons. The van der Waals surface area contributed by atoms with Gasteiger partial charge in [-0.15, -0.1) is 0 Å². The standard InChI is InChI=1S/C10H11ClO3S/c1-3-6-14-10-5-4-9(7-8(10)2)15(11,12)13/h3-5,7H,1,6H2,2H3. The highest BCUT2D eigenvalue weighted by atomic mass is 35.7. The minimum atomic E-state index is -3.67. The Bertz CT molecular complexity index is 466. The molecule has 0 saturated carbocycles. The lowest BCUT2D eigenvalue weighted by atomic mass is 10.2. The van der Waals surface area contributed by atoms with Gasteiger partial charge >= 0.3 is 0 Å². The van der Waals surface area contributed by atoms with Crippen molar-refractivity contribution < 1.29 is 13.2 Å². The van der Waals surface area contributed by atoms with Crippen molar-refractivity contribution in [3.05, 3.63) is 36.4 Å². The van der Waals surface area contributed by atoms with Gasteiger partial charge in [-0.1, -0.05) is 12.7 Å². The van der Waals surface area contributed by atoms with Gasteiger partial charge in [0.05, 0.1) is 4.90 Å². The van der Waals surface area contributed by atoms with Crippen LogP contribution in [0.25, 0.3) is 0 Å². The van der Waals surface area contributed by atoms with Crippen LogP contribution >= 0.6 is 10.7 Å². The first kappa shape index (κ1) is 12.1. The third-order valence-corrected chi connectivity index (χ3v) is 3.14. The molecule has 0 heterocycles. The third kappa shape index (κ3) is 3.25. The predicted octanol–water partition coefficient (Wildman–Crippen LogP) is 2.49. The largest absolute Gasteiger partial charge is 0.489 e. The molecular formula is C10H11ClO3S. The van der Waals surface area contributed by atoms with Gasteiger partial charge in [0, 0.05) is 10.7 Å². The molecule has 0 aliphatic carbocycles. The van der Waals surface area contributed by atoms with Gasteiger partial charge in [0.25, 0.3) is 9.05 Å². The van der Waals surface area contributed by atoms with Crippen LogP contribution in [-0.2, 0) is 9.05 Å². The second-order valence-corrected chi connectivity index (χ2v) is 5.53. The van der Waals surface area contributed by atoms with E-state index in [9.17, 15) is 8.42 Å². The number of aryl methyl sites for hydroxylation is 1. The number of rotatable bonds is 4. The van der Waals surface area contributed by atoms with Crippen LogP contribution in [0.4, 0.5) is 0 Å². The Labute approximate surface area is 93.7 Å². The summed E-state index contributed by atoms with van der Waals surface area (Å²) in [7, 11) is 1.54. The molecule has 15 heavy (non-hydrogen) atoms. The molecule has 1 rings (SSSR count). The quantitative estimate of drug-likeness (QED) is 0.606. The summed E-state index contributed by atoms with van der Waals surface area (Å²) in [5.41, 5.74) is 0.721. The summed E-state index contributed by atoms with van der Waals surface area (Å²) in [4.78, 5) is 0.0765. The highest BCUT2D eigenvalue weighted by molar-refractivity contribution is 8.13. The Hall–Kier alpha value is -1.00. The molecule has 0 amide bonds. The minimum Gasteiger partial charge on any atom is -0.489 e. The molecule has 0 N–H and O–H groups in total. The minimum absolute atomic E-state index is 0.0765. The zero-order valence-corrected chi connectivity index (χ0v) is 9.81. The van der Waals surface area contributed by atoms with Gasteiger partial charge in [-0.25, -0.2) is 8.42 Å². The lowest BCUT2D eigenvalue weighted by Crippen LogP contribution is -1.97. The van der Waals surface area contributed by atoms with Crippen molar-refractivity contribution in [2.45, 2.75) is 11.8 Å². The van der Waals surface area contributed by atoms with Crippen molar-refractivity contribution in [3.8, 4) is 5.75 Å². The molecule has 0 aromatic heterocycles. The summed E-state index contributed by atoms with van der Waals surface area (Å²) in [5, 5.41) is 0. The van der Waals surface area contributed by atoms with Crippen LogP contribution in [0, 0.1) is 6.92 Å². The van der Waals surface area contributed by atoms with Gasteiger partial charge in [0.15, 0.2) is 0 Å². The van der Waals surface area contributed by atoms with Gasteiger partial charge in [-0.05, 0) is 30.7 Å².